The van der Waals surface area contributed by atoms with Gasteiger partial charge in [-0.25, -0.2) is 4.79 Å². The molecular weight excluding hydrogens is 176 g/mol. The molecule has 0 spiro atoms. The highest BCUT2D eigenvalue weighted by molar-refractivity contribution is 8.02. The summed E-state index contributed by atoms with van der Waals surface area (Å²) in [5.41, 5.74) is 0. The average Bonchev–Trinajstić information content (AvgIpc) is 1.86. The van der Waals surface area contributed by atoms with Gasteiger partial charge in [-0.1, -0.05) is 6.92 Å². The van der Waals surface area contributed by atoms with Gasteiger partial charge in [0.2, 0.25) is 0 Å². The number of carbonyl (C=O) groups is 1. The summed E-state index contributed by atoms with van der Waals surface area (Å²) in [7, 11) is 0. The maximum atomic E-state index is 10.6. The topological polar surface area (TPSA) is 26.3 Å². The quantitative estimate of drug-likeness (QED) is 0.343. The third-order valence-electron chi connectivity index (χ3n) is 0.903. The normalized spacial score (nSPS) is 11.1. The monoisotopic (exact) mass is 184 g/mol. The molecule has 0 aromatic rings. The lowest BCUT2D eigenvalue weighted by atomic mass is 10.3. The van der Waals surface area contributed by atoms with Crippen molar-refractivity contribution in [2.75, 3.05) is 0 Å². The van der Waals surface area contributed by atoms with E-state index in [0.29, 0.717) is 6.42 Å². The molecule has 5 heteroatoms. The molecule has 0 aliphatic heterocycles. The zero-order valence-corrected chi connectivity index (χ0v) is 7.55. The molecule has 9 heavy (non-hydrogen) atoms. The van der Waals surface area contributed by atoms with Crippen molar-refractivity contribution in [3.63, 3.8) is 0 Å². The van der Waals surface area contributed by atoms with E-state index in [1.165, 1.54) is 0 Å². The van der Waals surface area contributed by atoms with Gasteiger partial charge < -0.3 is 4.18 Å². The minimum absolute atomic E-state index is 0.499. The fraction of sp³-hybridized carbons (Fsp3) is 0.750. The molecule has 0 fully saturated rings. The third-order valence-corrected chi connectivity index (χ3v) is 2.07. The molecular formula is C4H8O2S3. The maximum absolute atomic E-state index is 10.6. The SMILES string of the molecule is CCC(S)(S)C(=O)OS. The Kier molecular flexibility index (Phi) is 3.84. The Balaban J connectivity index is 3.97. The number of thiol groups is 3. The van der Waals surface area contributed by atoms with Crippen LogP contribution in [0.1, 0.15) is 13.3 Å². The molecule has 0 rings (SSSR count). The zero-order chi connectivity index (χ0) is 7.49. The van der Waals surface area contributed by atoms with Crippen LogP contribution in [0.5, 0.6) is 0 Å². The fourth-order valence-electron chi connectivity index (χ4n) is 0.217. The van der Waals surface area contributed by atoms with E-state index in [0.717, 1.165) is 0 Å². The Bertz CT molecular complexity index is 112. The van der Waals surface area contributed by atoms with Gasteiger partial charge in [0.1, 0.15) is 0 Å². The lowest BCUT2D eigenvalue weighted by Crippen LogP contribution is -2.25. The van der Waals surface area contributed by atoms with E-state index in [1.807, 2.05) is 0 Å². The van der Waals surface area contributed by atoms with Gasteiger partial charge in [-0.05, 0) is 6.42 Å². The van der Waals surface area contributed by atoms with Crippen LogP contribution < -0.4 is 0 Å². The second kappa shape index (κ2) is 3.63. The van der Waals surface area contributed by atoms with Gasteiger partial charge in [0.25, 0.3) is 0 Å². The minimum Gasteiger partial charge on any atom is -0.393 e. The summed E-state index contributed by atoms with van der Waals surface area (Å²) in [6.07, 6.45) is 0.499. The van der Waals surface area contributed by atoms with Crippen molar-refractivity contribution in [3.8, 4) is 0 Å². The Morgan fingerprint density at radius 2 is 2.11 bits per heavy atom. The fourth-order valence-corrected chi connectivity index (χ4v) is 0.609. The van der Waals surface area contributed by atoms with Gasteiger partial charge in [0.05, 0.1) is 0 Å². The van der Waals surface area contributed by atoms with Crippen LogP contribution >= 0.6 is 38.2 Å². The van der Waals surface area contributed by atoms with E-state index in [1.54, 1.807) is 6.92 Å². The molecule has 0 saturated heterocycles. The van der Waals surface area contributed by atoms with Gasteiger partial charge >= 0.3 is 5.97 Å². The first kappa shape index (κ1) is 9.52. The molecule has 0 radical (unpaired) electrons. The van der Waals surface area contributed by atoms with E-state index >= 15 is 0 Å². The summed E-state index contributed by atoms with van der Waals surface area (Å²) in [6.45, 7) is 1.78. The predicted molar refractivity (Wildman–Crippen MR) is 46.1 cm³/mol. The molecule has 0 aromatic carbocycles. The van der Waals surface area contributed by atoms with Crippen molar-refractivity contribution < 1.29 is 8.98 Å². The molecule has 0 aliphatic carbocycles. The Labute approximate surface area is 70.8 Å². The molecule has 0 N–H and O–H groups in total. The molecule has 0 heterocycles. The summed E-state index contributed by atoms with van der Waals surface area (Å²) in [6, 6.07) is 0. The van der Waals surface area contributed by atoms with E-state index in [-0.39, 0.29) is 0 Å². The molecule has 0 unspecified atom stereocenters. The molecule has 54 valence electrons. The Hall–Kier alpha value is 0.520. The third kappa shape index (κ3) is 2.73. The lowest BCUT2D eigenvalue weighted by Gasteiger charge is -2.14. The van der Waals surface area contributed by atoms with Crippen LogP contribution in [0.2, 0.25) is 0 Å². The van der Waals surface area contributed by atoms with E-state index in [2.05, 4.69) is 42.4 Å². The van der Waals surface area contributed by atoms with Crippen molar-refractivity contribution >= 4 is 44.1 Å². The molecule has 0 bridgehead atoms. The van der Waals surface area contributed by atoms with Gasteiger partial charge in [-0.2, -0.15) is 25.3 Å². The van der Waals surface area contributed by atoms with Crippen LogP contribution in [-0.4, -0.2) is 10.0 Å². The second-order valence-electron chi connectivity index (χ2n) is 1.55. The molecule has 0 aliphatic rings. The van der Waals surface area contributed by atoms with Crippen LogP contribution in [0.3, 0.4) is 0 Å². The largest absolute Gasteiger partial charge is 0.393 e. The minimum atomic E-state index is -0.998. The number of hydrogen-bond acceptors (Lipinski definition) is 5. The Morgan fingerprint density at radius 1 is 1.67 bits per heavy atom. The first-order valence-corrected chi connectivity index (χ1v) is 3.61. The summed E-state index contributed by atoms with van der Waals surface area (Å²) in [5.74, 6) is -0.542. The van der Waals surface area contributed by atoms with Crippen molar-refractivity contribution in [2.24, 2.45) is 0 Å². The average molecular weight is 184 g/mol. The summed E-state index contributed by atoms with van der Waals surface area (Å²) >= 11 is 11.1. The predicted octanol–water partition coefficient (Wildman–Crippen LogP) is 1.34. The Morgan fingerprint density at radius 3 is 2.22 bits per heavy atom. The first-order valence-electron chi connectivity index (χ1n) is 2.35. The first-order chi connectivity index (χ1) is 4.04. The van der Waals surface area contributed by atoms with Crippen molar-refractivity contribution in [1.82, 2.24) is 0 Å². The van der Waals surface area contributed by atoms with E-state index in [4.69, 9.17) is 0 Å². The summed E-state index contributed by atoms with van der Waals surface area (Å²) < 4.78 is 3.11. The highest BCUT2D eigenvalue weighted by Gasteiger charge is 2.29. The van der Waals surface area contributed by atoms with Gasteiger partial charge in [-0.15, -0.1) is 0 Å². The molecule has 0 atom stereocenters. The zero-order valence-electron chi connectivity index (χ0n) is 4.87. The van der Waals surface area contributed by atoms with Crippen molar-refractivity contribution in [2.45, 2.75) is 17.4 Å². The smallest absolute Gasteiger partial charge is 0.343 e. The summed E-state index contributed by atoms with van der Waals surface area (Å²) in [5, 5.41) is 0. The van der Waals surface area contributed by atoms with Gasteiger partial charge in [0, 0.05) is 12.9 Å². The van der Waals surface area contributed by atoms with Crippen LogP contribution in [-0.2, 0) is 8.98 Å². The molecule has 0 aromatic heterocycles. The van der Waals surface area contributed by atoms with E-state index in [9.17, 15) is 4.79 Å². The van der Waals surface area contributed by atoms with Gasteiger partial charge in [0.15, 0.2) is 4.08 Å². The highest BCUT2D eigenvalue weighted by atomic mass is 32.2. The van der Waals surface area contributed by atoms with Crippen LogP contribution in [0.15, 0.2) is 0 Å². The highest BCUT2D eigenvalue weighted by Crippen LogP contribution is 2.25. The maximum Gasteiger partial charge on any atom is 0.343 e. The standard InChI is InChI=1S/C4H8O2S3/c1-2-4(7,8)3(5)6-9/h7-9H,2H2,1H3. The summed E-state index contributed by atoms with van der Waals surface area (Å²) in [4.78, 5) is 10.6. The lowest BCUT2D eigenvalue weighted by molar-refractivity contribution is -0.133. The van der Waals surface area contributed by atoms with Crippen molar-refractivity contribution in [3.05, 3.63) is 0 Å². The molecule has 0 saturated carbocycles. The number of carbonyl (C=O) groups excluding carboxylic acids is 1. The van der Waals surface area contributed by atoms with Crippen LogP contribution in [0.25, 0.3) is 0 Å². The number of rotatable bonds is 2. The second-order valence-corrected chi connectivity index (χ2v) is 3.61. The molecule has 0 amide bonds. The molecule has 2 nitrogen and oxygen atoms in total. The van der Waals surface area contributed by atoms with Crippen molar-refractivity contribution in [1.29, 1.82) is 0 Å². The number of hydrogen-bond donors (Lipinski definition) is 3. The van der Waals surface area contributed by atoms with Crippen LogP contribution in [0, 0.1) is 0 Å². The van der Waals surface area contributed by atoms with E-state index < -0.39 is 10.0 Å². The van der Waals surface area contributed by atoms with Gasteiger partial charge in [-0.3, -0.25) is 0 Å². The van der Waals surface area contributed by atoms with Crippen LogP contribution in [0.4, 0.5) is 0 Å².